The first kappa shape index (κ1) is 16.1. The summed E-state index contributed by atoms with van der Waals surface area (Å²) in [6, 6.07) is 5.70. The fraction of sp³-hybridized carbons (Fsp3) is 0.562. The van der Waals surface area contributed by atoms with Gasteiger partial charge in [0.15, 0.2) is 0 Å². The Balaban J connectivity index is 2.04. The maximum Gasteiger partial charge on any atom is 0.410 e. The Morgan fingerprint density at radius 1 is 1.45 bits per heavy atom. The molecule has 2 heterocycles. The molecule has 118 valence electrons. The van der Waals surface area contributed by atoms with Crippen LogP contribution in [0.5, 0.6) is 0 Å². The van der Waals surface area contributed by atoms with Crippen molar-refractivity contribution in [1.29, 1.82) is 5.26 Å². The highest BCUT2D eigenvalue weighted by Crippen LogP contribution is 2.20. The summed E-state index contributed by atoms with van der Waals surface area (Å²) in [5.74, 6) is 0.774. The average Bonchev–Trinajstić information content (AvgIpc) is 2.45. The van der Waals surface area contributed by atoms with E-state index >= 15 is 0 Å². The van der Waals surface area contributed by atoms with E-state index < -0.39 is 5.60 Å². The smallest absolute Gasteiger partial charge is 0.410 e. The van der Waals surface area contributed by atoms with Gasteiger partial charge in [0.25, 0.3) is 0 Å². The van der Waals surface area contributed by atoms with Crippen molar-refractivity contribution >= 4 is 11.9 Å². The number of aromatic nitrogens is 1. The summed E-state index contributed by atoms with van der Waals surface area (Å²) in [5, 5.41) is 8.98. The molecule has 1 fully saturated rings. The van der Waals surface area contributed by atoms with Gasteiger partial charge in [-0.2, -0.15) is 5.26 Å². The van der Waals surface area contributed by atoms with Crippen molar-refractivity contribution in [2.45, 2.75) is 39.3 Å². The highest BCUT2D eigenvalue weighted by atomic mass is 16.6. The van der Waals surface area contributed by atoms with E-state index in [0.29, 0.717) is 25.2 Å². The number of rotatable bonds is 1. The number of amides is 1. The summed E-state index contributed by atoms with van der Waals surface area (Å²) < 4.78 is 5.41. The summed E-state index contributed by atoms with van der Waals surface area (Å²) in [4.78, 5) is 20.3. The fourth-order valence-corrected chi connectivity index (χ4v) is 2.44. The minimum absolute atomic E-state index is 0.114. The van der Waals surface area contributed by atoms with Gasteiger partial charge in [0.2, 0.25) is 0 Å². The van der Waals surface area contributed by atoms with Crippen LogP contribution in [0.3, 0.4) is 0 Å². The molecule has 0 spiro atoms. The lowest BCUT2D eigenvalue weighted by Gasteiger charge is -2.40. The molecular weight excluding hydrogens is 280 g/mol. The molecule has 0 unspecified atom stereocenters. The zero-order chi connectivity index (χ0) is 16.3. The third-order valence-electron chi connectivity index (χ3n) is 3.45. The maximum absolute atomic E-state index is 12.1. The highest BCUT2D eigenvalue weighted by Gasteiger charge is 2.30. The number of carbonyl (C=O) groups is 1. The van der Waals surface area contributed by atoms with Gasteiger partial charge in [0.1, 0.15) is 11.4 Å². The Morgan fingerprint density at radius 3 is 2.77 bits per heavy atom. The Hall–Kier alpha value is -2.29. The van der Waals surface area contributed by atoms with Crippen LogP contribution >= 0.6 is 0 Å². The van der Waals surface area contributed by atoms with Crippen LogP contribution in [0.15, 0.2) is 18.3 Å². The molecule has 2 rings (SSSR count). The number of anilines is 1. The third kappa shape index (κ3) is 3.88. The zero-order valence-corrected chi connectivity index (χ0v) is 13.5. The van der Waals surface area contributed by atoms with Crippen molar-refractivity contribution in [3.63, 3.8) is 0 Å². The lowest BCUT2D eigenvalue weighted by atomic mass is 10.1. The Kier molecular flexibility index (Phi) is 4.55. The topological polar surface area (TPSA) is 69.5 Å². The number of pyridine rings is 1. The average molecular weight is 302 g/mol. The Bertz CT molecular complexity index is 589. The Morgan fingerprint density at radius 2 is 2.18 bits per heavy atom. The number of carbonyl (C=O) groups excluding carboxylic acids is 1. The molecule has 1 aromatic rings. The van der Waals surface area contributed by atoms with E-state index in [0.717, 1.165) is 5.82 Å². The van der Waals surface area contributed by atoms with E-state index in [1.165, 1.54) is 0 Å². The van der Waals surface area contributed by atoms with Gasteiger partial charge in [-0.25, -0.2) is 9.78 Å². The lowest BCUT2D eigenvalue weighted by Crippen LogP contribution is -2.54. The van der Waals surface area contributed by atoms with Crippen molar-refractivity contribution in [3.8, 4) is 6.07 Å². The second-order valence-electron chi connectivity index (χ2n) is 6.48. The first-order valence-corrected chi connectivity index (χ1v) is 7.41. The summed E-state index contributed by atoms with van der Waals surface area (Å²) in [6.07, 6.45) is 1.36. The maximum atomic E-state index is 12.1. The second kappa shape index (κ2) is 6.22. The number of piperazine rings is 1. The molecule has 1 atom stereocenters. The van der Waals surface area contributed by atoms with Crippen molar-refractivity contribution < 1.29 is 9.53 Å². The van der Waals surface area contributed by atoms with E-state index in [4.69, 9.17) is 10.00 Å². The van der Waals surface area contributed by atoms with Gasteiger partial charge in [0, 0.05) is 31.9 Å². The monoisotopic (exact) mass is 302 g/mol. The van der Waals surface area contributed by atoms with Gasteiger partial charge in [-0.05, 0) is 39.8 Å². The molecule has 6 nitrogen and oxygen atoms in total. The number of nitrogens with zero attached hydrogens (tertiary/aromatic N) is 4. The molecule has 0 aromatic carbocycles. The van der Waals surface area contributed by atoms with Gasteiger partial charge in [0.05, 0.1) is 11.6 Å². The zero-order valence-electron chi connectivity index (χ0n) is 13.5. The van der Waals surface area contributed by atoms with E-state index in [-0.39, 0.29) is 12.1 Å². The minimum Gasteiger partial charge on any atom is -0.444 e. The fourth-order valence-electron chi connectivity index (χ4n) is 2.44. The molecular formula is C16H22N4O2. The number of hydrogen-bond donors (Lipinski definition) is 0. The SMILES string of the molecule is C[C@@H]1CN(C(=O)OC(C)(C)C)CCN1c1cc(C#N)ccn1. The predicted octanol–water partition coefficient (Wildman–Crippen LogP) is 2.40. The molecule has 1 aromatic heterocycles. The van der Waals surface area contributed by atoms with Gasteiger partial charge in [-0.15, -0.1) is 0 Å². The summed E-state index contributed by atoms with van der Waals surface area (Å²) in [6.45, 7) is 9.45. The van der Waals surface area contributed by atoms with Crippen molar-refractivity contribution in [2.75, 3.05) is 24.5 Å². The summed E-state index contributed by atoms with van der Waals surface area (Å²) in [5.41, 5.74) is 0.104. The quantitative estimate of drug-likeness (QED) is 0.796. The number of hydrogen-bond acceptors (Lipinski definition) is 5. The Labute approximate surface area is 131 Å². The van der Waals surface area contributed by atoms with Gasteiger partial charge < -0.3 is 14.5 Å². The van der Waals surface area contributed by atoms with Crippen LogP contribution in [0.4, 0.5) is 10.6 Å². The van der Waals surface area contributed by atoms with Crippen molar-refractivity contribution in [2.24, 2.45) is 0 Å². The van der Waals surface area contributed by atoms with Crippen LogP contribution < -0.4 is 4.90 Å². The van der Waals surface area contributed by atoms with Gasteiger partial charge >= 0.3 is 6.09 Å². The predicted molar refractivity (Wildman–Crippen MR) is 83.6 cm³/mol. The molecule has 6 heteroatoms. The highest BCUT2D eigenvalue weighted by molar-refractivity contribution is 5.68. The van der Waals surface area contributed by atoms with Crippen LogP contribution in [0.25, 0.3) is 0 Å². The van der Waals surface area contributed by atoms with E-state index in [1.54, 1.807) is 23.2 Å². The van der Waals surface area contributed by atoms with Crippen LogP contribution in [0.2, 0.25) is 0 Å². The van der Waals surface area contributed by atoms with Gasteiger partial charge in [-0.1, -0.05) is 0 Å². The van der Waals surface area contributed by atoms with E-state index in [2.05, 4.69) is 16.0 Å². The molecule has 22 heavy (non-hydrogen) atoms. The molecule has 1 amide bonds. The molecule has 0 radical (unpaired) electrons. The van der Waals surface area contributed by atoms with Crippen LogP contribution in [-0.2, 0) is 4.74 Å². The first-order valence-electron chi connectivity index (χ1n) is 7.41. The van der Waals surface area contributed by atoms with Gasteiger partial charge in [-0.3, -0.25) is 0 Å². The van der Waals surface area contributed by atoms with E-state index in [1.807, 2.05) is 27.7 Å². The molecule has 0 aliphatic carbocycles. The molecule has 1 saturated heterocycles. The van der Waals surface area contributed by atoms with Crippen molar-refractivity contribution in [1.82, 2.24) is 9.88 Å². The number of ether oxygens (including phenoxy) is 1. The lowest BCUT2D eigenvalue weighted by molar-refractivity contribution is 0.0218. The van der Waals surface area contributed by atoms with Crippen LogP contribution in [0, 0.1) is 11.3 Å². The normalized spacial score (nSPS) is 18.8. The molecule has 1 aliphatic heterocycles. The molecule has 0 bridgehead atoms. The van der Waals surface area contributed by atoms with E-state index in [9.17, 15) is 4.79 Å². The number of nitriles is 1. The summed E-state index contributed by atoms with van der Waals surface area (Å²) >= 11 is 0. The summed E-state index contributed by atoms with van der Waals surface area (Å²) in [7, 11) is 0. The first-order chi connectivity index (χ1) is 10.3. The standard InChI is InChI=1S/C16H22N4O2/c1-12-11-19(15(21)22-16(2,3)4)7-8-20(12)14-9-13(10-17)5-6-18-14/h5-6,9,12H,7-8,11H2,1-4H3/t12-/m1/s1. The van der Waals surface area contributed by atoms with Crippen LogP contribution in [-0.4, -0.2) is 47.3 Å². The minimum atomic E-state index is -0.486. The largest absolute Gasteiger partial charge is 0.444 e. The second-order valence-corrected chi connectivity index (χ2v) is 6.48. The molecule has 0 N–H and O–H groups in total. The molecule has 1 aliphatic rings. The van der Waals surface area contributed by atoms with Crippen LogP contribution in [0.1, 0.15) is 33.3 Å². The third-order valence-corrected chi connectivity index (χ3v) is 3.45. The van der Waals surface area contributed by atoms with Crippen molar-refractivity contribution in [3.05, 3.63) is 23.9 Å². The molecule has 0 saturated carbocycles.